The van der Waals surface area contributed by atoms with Gasteiger partial charge in [0.15, 0.2) is 0 Å². The number of ether oxygens (including phenoxy) is 2. The number of carbonyl (C=O) groups excluding carboxylic acids is 2. The van der Waals surface area contributed by atoms with Crippen LogP contribution >= 0.6 is 0 Å². The number of nitrogens with zero attached hydrogens (tertiary/aromatic N) is 2. The lowest BCUT2D eigenvalue weighted by atomic mass is 9.74. The zero-order valence-electron chi connectivity index (χ0n) is 26.0. The van der Waals surface area contributed by atoms with Gasteiger partial charge in [0.2, 0.25) is 11.8 Å². The highest BCUT2D eigenvalue weighted by molar-refractivity contribution is 5.79. The number of nitrogens with one attached hydrogen (secondary N) is 4. The number of aliphatic hydroxyl groups is 1. The number of rotatable bonds is 11. The van der Waals surface area contributed by atoms with Crippen molar-refractivity contribution in [2.24, 2.45) is 23.7 Å². The molecule has 4 saturated heterocycles. The topological polar surface area (TPSA) is 127 Å². The van der Waals surface area contributed by atoms with Crippen LogP contribution in [0.3, 0.4) is 0 Å². The molecule has 2 aliphatic carbocycles. The molecule has 6 rings (SSSR count). The third-order valence-electron chi connectivity index (χ3n) is 11.2. The van der Waals surface area contributed by atoms with Crippen molar-refractivity contribution in [3.05, 3.63) is 0 Å². The molecule has 2 saturated carbocycles. The molecular weight excluding hydrogens is 548 g/mol. The number of β-amino-alcohol motifs (C(OH)–C–C–N with tert-alkyl or cyclic N) is 1. The van der Waals surface area contributed by atoms with Crippen molar-refractivity contribution in [3.8, 4) is 0 Å². The SMILES string of the molecule is O=C(NC[C@H](O)CN1CCC2CC(OCC3CNCO3)CCC2C1)C1CCNC(NC2CCN(C(=O)C3CCC3)CC2)C1. The highest BCUT2D eigenvalue weighted by atomic mass is 16.5. The van der Waals surface area contributed by atoms with E-state index in [0.717, 1.165) is 97.1 Å². The average Bonchev–Trinajstić information content (AvgIpc) is 3.52. The lowest BCUT2D eigenvalue weighted by Gasteiger charge is -2.44. The first kappa shape index (κ1) is 31.6. The fourth-order valence-corrected chi connectivity index (χ4v) is 8.24. The molecular formula is C32H56N6O5. The smallest absolute Gasteiger partial charge is 0.225 e. The molecule has 5 N–H and O–H groups in total. The standard InChI is InChI=1S/C32H56N6O5/c39-27(19-37-11-7-23-14-28(5-4-25(23)18-37)42-20-29-17-33-21-43-29)16-35-31(40)24-6-10-34-30(15-24)36-26-8-12-38(13-9-26)32(41)22-2-1-3-22/h22-30,33-34,36,39H,1-21H2,(H,35,40)/t23?,24?,25?,27-,28?,29?,30?/m0/s1. The van der Waals surface area contributed by atoms with Crippen LogP contribution < -0.4 is 21.3 Å². The Morgan fingerprint density at radius 2 is 1.84 bits per heavy atom. The summed E-state index contributed by atoms with van der Waals surface area (Å²) in [5.41, 5.74) is 0. The van der Waals surface area contributed by atoms with E-state index >= 15 is 0 Å². The van der Waals surface area contributed by atoms with E-state index in [1.807, 2.05) is 0 Å². The van der Waals surface area contributed by atoms with E-state index in [1.54, 1.807) is 0 Å². The molecule has 6 fully saturated rings. The number of likely N-dealkylation sites (tertiary alicyclic amines) is 2. The van der Waals surface area contributed by atoms with Crippen LogP contribution in [0.1, 0.15) is 70.6 Å². The Labute approximate surface area is 257 Å². The molecule has 0 aromatic heterocycles. The van der Waals surface area contributed by atoms with Gasteiger partial charge in [0.1, 0.15) is 0 Å². The Morgan fingerprint density at radius 3 is 2.60 bits per heavy atom. The molecule has 0 aromatic carbocycles. The minimum absolute atomic E-state index is 0.0455. The molecule has 0 bridgehead atoms. The first-order valence-electron chi connectivity index (χ1n) is 17.4. The maximum Gasteiger partial charge on any atom is 0.225 e. The number of hydrogen-bond acceptors (Lipinski definition) is 9. The minimum Gasteiger partial charge on any atom is -0.390 e. The van der Waals surface area contributed by atoms with Crippen molar-refractivity contribution in [2.45, 2.75) is 101 Å². The molecule has 2 amide bonds. The molecule has 244 valence electrons. The van der Waals surface area contributed by atoms with Crippen molar-refractivity contribution >= 4 is 11.8 Å². The lowest BCUT2D eigenvalue weighted by molar-refractivity contribution is -0.139. The van der Waals surface area contributed by atoms with Crippen LogP contribution in [0.4, 0.5) is 0 Å². The molecule has 7 atom stereocenters. The fourth-order valence-electron chi connectivity index (χ4n) is 8.24. The summed E-state index contributed by atoms with van der Waals surface area (Å²) < 4.78 is 11.8. The molecule has 11 heteroatoms. The van der Waals surface area contributed by atoms with Gasteiger partial charge < -0.3 is 35.0 Å². The summed E-state index contributed by atoms with van der Waals surface area (Å²) in [5.74, 6) is 2.04. The molecule has 0 spiro atoms. The van der Waals surface area contributed by atoms with Crippen LogP contribution in [-0.4, -0.2) is 123 Å². The van der Waals surface area contributed by atoms with Gasteiger partial charge in [0, 0.05) is 57.1 Å². The summed E-state index contributed by atoms with van der Waals surface area (Å²) in [6.45, 7) is 7.67. The Bertz CT molecular complexity index is 909. The minimum atomic E-state index is -0.552. The number of carbonyl (C=O) groups is 2. The zero-order chi connectivity index (χ0) is 29.6. The van der Waals surface area contributed by atoms with Gasteiger partial charge in [-0.25, -0.2) is 0 Å². The van der Waals surface area contributed by atoms with E-state index in [0.29, 0.717) is 56.3 Å². The van der Waals surface area contributed by atoms with Crippen LogP contribution in [0.5, 0.6) is 0 Å². The van der Waals surface area contributed by atoms with Crippen molar-refractivity contribution in [3.63, 3.8) is 0 Å². The van der Waals surface area contributed by atoms with Crippen LogP contribution in [0, 0.1) is 23.7 Å². The quantitative estimate of drug-likeness (QED) is 0.231. The number of piperidine rings is 3. The maximum absolute atomic E-state index is 13.0. The van der Waals surface area contributed by atoms with Gasteiger partial charge in [-0.05, 0) is 89.1 Å². The molecule has 0 aromatic rings. The van der Waals surface area contributed by atoms with Gasteiger partial charge in [-0.3, -0.25) is 20.2 Å². The largest absolute Gasteiger partial charge is 0.390 e. The lowest BCUT2D eigenvalue weighted by Crippen LogP contribution is -2.56. The summed E-state index contributed by atoms with van der Waals surface area (Å²) in [5, 5.41) is 24.3. The summed E-state index contributed by atoms with van der Waals surface area (Å²) in [4.78, 5) is 30.1. The molecule has 0 radical (unpaired) electrons. The second-order valence-electron chi connectivity index (χ2n) is 14.2. The summed E-state index contributed by atoms with van der Waals surface area (Å²) >= 11 is 0. The monoisotopic (exact) mass is 604 g/mol. The van der Waals surface area contributed by atoms with Crippen molar-refractivity contribution in [2.75, 3.05) is 65.7 Å². The number of hydrogen-bond donors (Lipinski definition) is 5. The molecule has 6 aliphatic rings. The van der Waals surface area contributed by atoms with Gasteiger partial charge in [-0.2, -0.15) is 0 Å². The van der Waals surface area contributed by atoms with Crippen LogP contribution in [0.2, 0.25) is 0 Å². The van der Waals surface area contributed by atoms with E-state index in [9.17, 15) is 14.7 Å². The average molecular weight is 605 g/mol. The summed E-state index contributed by atoms with van der Waals surface area (Å²) in [7, 11) is 0. The Balaban J connectivity index is 0.846. The predicted molar refractivity (Wildman–Crippen MR) is 163 cm³/mol. The van der Waals surface area contributed by atoms with Crippen LogP contribution in [0.15, 0.2) is 0 Å². The first-order chi connectivity index (χ1) is 21.0. The van der Waals surface area contributed by atoms with E-state index in [2.05, 4.69) is 31.1 Å². The third-order valence-corrected chi connectivity index (χ3v) is 11.2. The number of aliphatic hydroxyl groups excluding tert-OH is 1. The Kier molecular flexibility index (Phi) is 11.3. The van der Waals surface area contributed by atoms with Gasteiger partial charge in [-0.15, -0.1) is 0 Å². The molecule has 6 unspecified atom stereocenters. The second-order valence-corrected chi connectivity index (χ2v) is 14.2. The third kappa shape index (κ3) is 8.68. The highest BCUT2D eigenvalue weighted by Crippen LogP contribution is 2.37. The van der Waals surface area contributed by atoms with E-state index < -0.39 is 6.10 Å². The molecule has 43 heavy (non-hydrogen) atoms. The highest BCUT2D eigenvalue weighted by Gasteiger charge is 2.37. The van der Waals surface area contributed by atoms with Gasteiger partial charge in [0.25, 0.3) is 0 Å². The van der Waals surface area contributed by atoms with Crippen molar-refractivity contribution in [1.82, 2.24) is 31.1 Å². The number of fused-ring (bicyclic) bond motifs is 1. The molecule has 4 aliphatic heterocycles. The zero-order valence-corrected chi connectivity index (χ0v) is 26.0. The number of amides is 2. The molecule has 11 nitrogen and oxygen atoms in total. The summed E-state index contributed by atoms with van der Waals surface area (Å²) in [6, 6.07) is 0.377. The van der Waals surface area contributed by atoms with E-state index in [-0.39, 0.29) is 30.0 Å². The van der Waals surface area contributed by atoms with Gasteiger partial charge in [0.05, 0.1) is 37.8 Å². The maximum atomic E-state index is 13.0. The van der Waals surface area contributed by atoms with E-state index in [4.69, 9.17) is 9.47 Å². The normalized spacial score (nSPS) is 35.2. The Morgan fingerprint density at radius 1 is 0.977 bits per heavy atom. The fraction of sp³-hybridized carbons (Fsp3) is 0.938. The van der Waals surface area contributed by atoms with E-state index in [1.165, 1.54) is 12.8 Å². The summed E-state index contributed by atoms with van der Waals surface area (Å²) in [6.07, 6.45) is 11.5. The van der Waals surface area contributed by atoms with Crippen LogP contribution in [-0.2, 0) is 19.1 Å². The molecule has 4 heterocycles. The Hall–Kier alpha value is -1.34. The van der Waals surface area contributed by atoms with Gasteiger partial charge >= 0.3 is 0 Å². The van der Waals surface area contributed by atoms with Gasteiger partial charge in [-0.1, -0.05) is 6.42 Å². The second kappa shape index (κ2) is 15.3. The predicted octanol–water partition coefficient (Wildman–Crippen LogP) is 0.623. The van der Waals surface area contributed by atoms with Crippen LogP contribution in [0.25, 0.3) is 0 Å². The van der Waals surface area contributed by atoms with Crippen molar-refractivity contribution < 1.29 is 24.2 Å². The first-order valence-corrected chi connectivity index (χ1v) is 17.4. The van der Waals surface area contributed by atoms with Crippen molar-refractivity contribution in [1.29, 1.82) is 0 Å².